The van der Waals surface area contributed by atoms with Crippen molar-refractivity contribution in [3.63, 3.8) is 0 Å². The minimum Gasteiger partial charge on any atom is -0.506 e. The van der Waals surface area contributed by atoms with Crippen molar-refractivity contribution >= 4 is 0 Å². The Bertz CT molecular complexity index is 368. The molecule has 1 aliphatic rings. The third kappa shape index (κ3) is 2.51. The average Bonchev–Trinajstić information content (AvgIpc) is 2.66. The van der Waals surface area contributed by atoms with Crippen LogP contribution in [0.3, 0.4) is 0 Å². The summed E-state index contributed by atoms with van der Waals surface area (Å²) >= 11 is 0. The Hall–Kier alpha value is -1.13. The molecule has 0 spiro atoms. The van der Waals surface area contributed by atoms with E-state index in [9.17, 15) is 5.11 Å². The Kier molecular flexibility index (Phi) is 3.41. The highest BCUT2D eigenvalue weighted by Gasteiger charge is 2.23. The molecule has 2 unspecified atom stereocenters. The van der Waals surface area contributed by atoms with Gasteiger partial charge in [-0.2, -0.15) is 0 Å². The fourth-order valence-electron chi connectivity index (χ4n) is 1.96. The van der Waals surface area contributed by atoms with Gasteiger partial charge in [0, 0.05) is 24.9 Å². The summed E-state index contributed by atoms with van der Waals surface area (Å²) in [5.41, 5.74) is 1.63. The number of nitrogens with one attached hydrogen (secondary N) is 1. The molecule has 1 saturated heterocycles. The zero-order valence-electron chi connectivity index (χ0n) is 9.73. The Morgan fingerprint density at radius 1 is 1.56 bits per heavy atom. The number of aromatic hydroxyl groups is 1. The van der Waals surface area contributed by atoms with Gasteiger partial charge in [-0.3, -0.25) is 4.98 Å². The predicted molar refractivity (Wildman–Crippen MR) is 61.3 cm³/mol. The van der Waals surface area contributed by atoms with Gasteiger partial charge in [-0.15, -0.1) is 0 Å². The highest BCUT2D eigenvalue weighted by atomic mass is 16.5. The molecule has 1 fully saturated rings. The van der Waals surface area contributed by atoms with Crippen LogP contribution in [0.4, 0.5) is 0 Å². The van der Waals surface area contributed by atoms with E-state index in [1.807, 2.05) is 6.92 Å². The Labute approximate surface area is 95.7 Å². The summed E-state index contributed by atoms with van der Waals surface area (Å²) in [5, 5.41) is 13.0. The molecule has 2 rings (SSSR count). The van der Waals surface area contributed by atoms with Gasteiger partial charge >= 0.3 is 0 Å². The van der Waals surface area contributed by atoms with Gasteiger partial charge in [-0.1, -0.05) is 0 Å². The number of aromatic nitrogens is 1. The van der Waals surface area contributed by atoms with Gasteiger partial charge in [-0.25, -0.2) is 0 Å². The van der Waals surface area contributed by atoms with Gasteiger partial charge in [0.15, 0.2) is 0 Å². The second-order valence-electron chi connectivity index (χ2n) is 4.27. The molecule has 1 aromatic heterocycles. The number of nitrogens with zero attached hydrogens (tertiary/aromatic N) is 1. The normalized spacial score (nSPS) is 24.9. The number of aryl methyl sites for hydroxylation is 1. The summed E-state index contributed by atoms with van der Waals surface area (Å²) < 4.78 is 5.46. The van der Waals surface area contributed by atoms with Gasteiger partial charge in [-0.05, 0) is 32.4 Å². The largest absolute Gasteiger partial charge is 0.506 e. The van der Waals surface area contributed by atoms with Crippen LogP contribution in [0.2, 0.25) is 0 Å². The molecular formula is C12H18N2O2. The lowest BCUT2D eigenvalue weighted by molar-refractivity contribution is 0.113. The summed E-state index contributed by atoms with van der Waals surface area (Å²) in [6.07, 6.45) is 1.26. The number of rotatable bonds is 3. The summed E-state index contributed by atoms with van der Waals surface area (Å²) in [4.78, 5) is 4.31. The molecule has 4 heteroatoms. The van der Waals surface area contributed by atoms with Crippen molar-refractivity contribution in [2.45, 2.75) is 39.0 Å². The fourth-order valence-corrected chi connectivity index (χ4v) is 1.96. The van der Waals surface area contributed by atoms with Crippen molar-refractivity contribution in [1.29, 1.82) is 0 Å². The first-order valence-corrected chi connectivity index (χ1v) is 5.67. The minimum absolute atomic E-state index is 0.243. The van der Waals surface area contributed by atoms with Crippen molar-refractivity contribution in [2.75, 3.05) is 6.61 Å². The highest BCUT2D eigenvalue weighted by molar-refractivity contribution is 5.27. The van der Waals surface area contributed by atoms with Crippen LogP contribution in [0.1, 0.15) is 24.7 Å². The molecular weight excluding hydrogens is 204 g/mol. The van der Waals surface area contributed by atoms with Crippen LogP contribution in [0.5, 0.6) is 5.75 Å². The van der Waals surface area contributed by atoms with Crippen LogP contribution in [0.15, 0.2) is 12.1 Å². The predicted octanol–water partition coefficient (Wildman–Crippen LogP) is 1.36. The lowest BCUT2D eigenvalue weighted by atomic mass is 10.1. The molecule has 4 nitrogen and oxygen atoms in total. The van der Waals surface area contributed by atoms with Crippen molar-refractivity contribution < 1.29 is 9.84 Å². The molecule has 0 aliphatic carbocycles. The number of hydrogen-bond acceptors (Lipinski definition) is 4. The average molecular weight is 222 g/mol. The van der Waals surface area contributed by atoms with E-state index in [4.69, 9.17) is 4.74 Å². The van der Waals surface area contributed by atoms with E-state index in [2.05, 4.69) is 17.2 Å². The summed E-state index contributed by atoms with van der Waals surface area (Å²) in [6, 6.07) is 3.86. The molecule has 1 aromatic rings. The third-order valence-electron chi connectivity index (χ3n) is 3.00. The zero-order chi connectivity index (χ0) is 11.5. The molecule has 0 bridgehead atoms. The van der Waals surface area contributed by atoms with E-state index < -0.39 is 0 Å². The van der Waals surface area contributed by atoms with Gasteiger partial charge < -0.3 is 15.2 Å². The molecule has 16 heavy (non-hydrogen) atoms. The van der Waals surface area contributed by atoms with Crippen LogP contribution in [0, 0.1) is 6.92 Å². The number of hydrogen-bond donors (Lipinski definition) is 2. The van der Waals surface area contributed by atoms with Crippen LogP contribution in [-0.4, -0.2) is 28.8 Å². The van der Waals surface area contributed by atoms with E-state index in [0.717, 1.165) is 18.7 Å². The number of ether oxygens (including phenoxy) is 1. The molecule has 0 radical (unpaired) electrons. The van der Waals surface area contributed by atoms with E-state index in [1.165, 1.54) is 0 Å². The first kappa shape index (κ1) is 11.4. The maximum atomic E-state index is 9.64. The Morgan fingerprint density at radius 2 is 2.38 bits per heavy atom. The van der Waals surface area contributed by atoms with Crippen LogP contribution < -0.4 is 5.32 Å². The molecule has 2 atom stereocenters. The van der Waals surface area contributed by atoms with E-state index in [-0.39, 0.29) is 11.9 Å². The zero-order valence-corrected chi connectivity index (χ0v) is 9.73. The minimum atomic E-state index is 0.243. The quantitative estimate of drug-likeness (QED) is 0.811. The topological polar surface area (TPSA) is 54.4 Å². The van der Waals surface area contributed by atoms with Crippen molar-refractivity contribution in [3.8, 4) is 5.75 Å². The molecule has 1 aliphatic heterocycles. The van der Waals surface area contributed by atoms with Crippen molar-refractivity contribution in [1.82, 2.24) is 10.3 Å². The van der Waals surface area contributed by atoms with Crippen molar-refractivity contribution in [2.24, 2.45) is 0 Å². The van der Waals surface area contributed by atoms with Gasteiger partial charge in [0.25, 0.3) is 0 Å². The second kappa shape index (κ2) is 4.80. The monoisotopic (exact) mass is 222 g/mol. The molecule has 0 amide bonds. The van der Waals surface area contributed by atoms with Crippen LogP contribution >= 0.6 is 0 Å². The molecule has 0 saturated carbocycles. The van der Waals surface area contributed by atoms with Gasteiger partial charge in [0.2, 0.25) is 0 Å². The summed E-state index contributed by atoms with van der Waals surface area (Å²) in [7, 11) is 0. The summed E-state index contributed by atoms with van der Waals surface area (Å²) in [6.45, 7) is 5.39. The maximum absolute atomic E-state index is 9.64. The first-order valence-electron chi connectivity index (χ1n) is 5.67. The smallest absolute Gasteiger partial charge is 0.138 e. The van der Waals surface area contributed by atoms with E-state index in [0.29, 0.717) is 18.3 Å². The van der Waals surface area contributed by atoms with Crippen LogP contribution in [-0.2, 0) is 11.3 Å². The lowest BCUT2D eigenvalue weighted by Gasteiger charge is -2.16. The fraction of sp³-hybridized carbons (Fsp3) is 0.583. The third-order valence-corrected chi connectivity index (χ3v) is 3.00. The summed E-state index contributed by atoms with van der Waals surface area (Å²) in [5.74, 6) is 0.254. The van der Waals surface area contributed by atoms with E-state index >= 15 is 0 Å². The number of pyridine rings is 1. The van der Waals surface area contributed by atoms with Gasteiger partial charge in [0.05, 0.1) is 11.8 Å². The maximum Gasteiger partial charge on any atom is 0.138 e. The first-order chi connectivity index (χ1) is 7.66. The Morgan fingerprint density at radius 3 is 3.06 bits per heavy atom. The van der Waals surface area contributed by atoms with E-state index in [1.54, 1.807) is 12.1 Å². The van der Waals surface area contributed by atoms with Crippen molar-refractivity contribution in [3.05, 3.63) is 23.5 Å². The molecule has 88 valence electrons. The second-order valence-corrected chi connectivity index (χ2v) is 4.27. The standard InChI is InChI=1S/C12H18N2O2/c1-8-3-4-12(15)11(14-8)7-13-10-5-6-16-9(10)2/h3-4,9-10,13,15H,5-7H2,1-2H3. The molecule has 2 N–H and O–H groups in total. The molecule has 0 aromatic carbocycles. The molecule has 2 heterocycles. The highest BCUT2D eigenvalue weighted by Crippen LogP contribution is 2.17. The van der Waals surface area contributed by atoms with Gasteiger partial charge in [0.1, 0.15) is 5.75 Å². The Balaban J connectivity index is 1.96. The van der Waals surface area contributed by atoms with Crippen LogP contribution in [0.25, 0.3) is 0 Å². The SMILES string of the molecule is Cc1ccc(O)c(CNC2CCOC2C)n1. The lowest BCUT2D eigenvalue weighted by Crippen LogP contribution is -2.34.